The van der Waals surface area contributed by atoms with Crippen LogP contribution in [0.5, 0.6) is 5.75 Å². The van der Waals surface area contributed by atoms with Crippen molar-refractivity contribution < 1.29 is 14.3 Å². The number of benzene rings is 3. The number of methoxy groups -OCH3 is 1. The Hall–Kier alpha value is -3.58. The molecule has 0 aliphatic carbocycles. The van der Waals surface area contributed by atoms with Crippen LogP contribution in [-0.2, 0) is 11.2 Å². The number of nitrogens with one attached hydrogen (secondary N) is 2. The quantitative estimate of drug-likeness (QED) is 0.254. The van der Waals surface area contributed by atoms with Gasteiger partial charge in [0.1, 0.15) is 5.75 Å². The maximum absolute atomic E-state index is 12.7. The molecule has 0 saturated carbocycles. The molecule has 33 heavy (non-hydrogen) atoms. The van der Waals surface area contributed by atoms with Crippen LogP contribution in [0.4, 0.5) is 11.4 Å². The molecular weight excluding hydrogens is 434 g/mol. The van der Waals surface area contributed by atoms with Gasteiger partial charge in [-0.1, -0.05) is 30.3 Å². The summed E-state index contributed by atoms with van der Waals surface area (Å²) in [5.74, 6) is 0.470. The topological polar surface area (TPSA) is 79.8 Å². The Balaban J connectivity index is 1.58. The molecule has 0 aromatic heterocycles. The van der Waals surface area contributed by atoms with Crippen molar-refractivity contribution >= 4 is 41.3 Å². The van der Waals surface area contributed by atoms with Crippen molar-refractivity contribution in [3.63, 3.8) is 0 Å². The summed E-state index contributed by atoms with van der Waals surface area (Å²) in [6.07, 6.45) is 4.27. The van der Waals surface area contributed by atoms with Crippen LogP contribution in [0.15, 0.2) is 76.6 Å². The van der Waals surface area contributed by atoms with Crippen LogP contribution in [0.1, 0.15) is 27.9 Å². The Morgan fingerprint density at radius 1 is 1.06 bits per heavy atom. The van der Waals surface area contributed by atoms with Crippen molar-refractivity contribution in [1.29, 1.82) is 0 Å². The predicted molar refractivity (Wildman–Crippen MR) is 135 cm³/mol. The fourth-order valence-electron chi connectivity index (χ4n) is 3.16. The van der Waals surface area contributed by atoms with Crippen molar-refractivity contribution in [2.75, 3.05) is 18.7 Å². The van der Waals surface area contributed by atoms with Gasteiger partial charge in [0, 0.05) is 22.6 Å². The van der Waals surface area contributed by atoms with E-state index in [-0.39, 0.29) is 11.8 Å². The van der Waals surface area contributed by atoms with Gasteiger partial charge in [0.2, 0.25) is 5.91 Å². The molecule has 170 valence electrons. The molecule has 0 aliphatic heterocycles. The number of aliphatic imine (C=N–C) groups is 1. The Labute approximate surface area is 198 Å². The standard InChI is InChI=1S/C26H27N3O3S/c1-18-7-4-5-10-22(18)29-26(31)20-12-13-23(24(16-20)33-3)27-17-28-25(30)14-11-19-8-6-9-21(15-19)32-2/h4-10,12-13,15-17H,11,14H2,1-3H3,(H,29,31)(H,27,28,30). The van der Waals surface area contributed by atoms with Gasteiger partial charge in [-0.15, -0.1) is 11.8 Å². The summed E-state index contributed by atoms with van der Waals surface area (Å²) in [4.78, 5) is 30.0. The summed E-state index contributed by atoms with van der Waals surface area (Å²) in [5.41, 5.74) is 4.05. The molecule has 0 bridgehead atoms. The number of rotatable bonds is 9. The fourth-order valence-corrected chi connectivity index (χ4v) is 3.74. The SMILES string of the molecule is COc1cccc(CCC(=O)NC=Nc2ccc(C(=O)Nc3ccccc3C)cc2SC)c1. The zero-order valence-electron chi connectivity index (χ0n) is 18.9. The van der Waals surface area contributed by atoms with Crippen LogP contribution in [-0.4, -0.2) is 31.5 Å². The Morgan fingerprint density at radius 3 is 2.64 bits per heavy atom. The maximum Gasteiger partial charge on any atom is 0.255 e. The van der Waals surface area contributed by atoms with E-state index >= 15 is 0 Å². The Kier molecular flexibility index (Phi) is 8.66. The molecule has 2 amide bonds. The highest BCUT2D eigenvalue weighted by atomic mass is 32.2. The molecule has 3 aromatic rings. The third kappa shape index (κ3) is 6.95. The number of amides is 2. The fraction of sp³-hybridized carbons (Fsp3) is 0.192. The van der Waals surface area contributed by atoms with E-state index < -0.39 is 0 Å². The maximum atomic E-state index is 12.7. The lowest BCUT2D eigenvalue weighted by atomic mass is 10.1. The van der Waals surface area contributed by atoms with E-state index in [4.69, 9.17) is 4.74 Å². The number of aryl methyl sites for hydroxylation is 2. The zero-order chi connectivity index (χ0) is 23.6. The minimum absolute atomic E-state index is 0.124. The Morgan fingerprint density at radius 2 is 1.88 bits per heavy atom. The van der Waals surface area contributed by atoms with E-state index in [0.29, 0.717) is 24.1 Å². The van der Waals surface area contributed by atoms with E-state index in [1.807, 2.05) is 61.7 Å². The highest BCUT2D eigenvalue weighted by molar-refractivity contribution is 7.98. The molecule has 0 fully saturated rings. The van der Waals surface area contributed by atoms with Gasteiger partial charge in [-0.05, 0) is 67.1 Å². The van der Waals surface area contributed by atoms with Crippen molar-refractivity contribution in [2.24, 2.45) is 4.99 Å². The molecule has 3 aromatic carbocycles. The number of ether oxygens (including phenoxy) is 1. The average Bonchev–Trinajstić information content (AvgIpc) is 2.84. The van der Waals surface area contributed by atoms with Gasteiger partial charge in [0.25, 0.3) is 5.91 Å². The number of thioether (sulfide) groups is 1. The first-order valence-corrected chi connectivity index (χ1v) is 11.7. The van der Waals surface area contributed by atoms with Crippen molar-refractivity contribution in [2.45, 2.75) is 24.7 Å². The molecule has 0 saturated heterocycles. The molecule has 0 atom stereocenters. The molecule has 0 spiro atoms. The molecule has 6 nitrogen and oxygen atoms in total. The largest absolute Gasteiger partial charge is 0.497 e. The highest BCUT2D eigenvalue weighted by Gasteiger charge is 2.11. The summed E-state index contributed by atoms with van der Waals surface area (Å²) >= 11 is 1.49. The minimum Gasteiger partial charge on any atom is -0.497 e. The van der Waals surface area contributed by atoms with Gasteiger partial charge in [-0.3, -0.25) is 9.59 Å². The molecule has 0 heterocycles. The lowest BCUT2D eigenvalue weighted by Crippen LogP contribution is -2.21. The van der Waals surface area contributed by atoms with E-state index in [2.05, 4.69) is 15.6 Å². The number of hydrogen-bond donors (Lipinski definition) is 2. The van der Waals surface area contributed by atoms with Crippen LogP contribution < -0.4 is 15.4 Å². The summed E-state index contributed by atoms with van der Waals surface area (Å²) in [6.45, 7) is 1.95. The number of nitrogens with zero attached hydrogens (tertiary/aromatic N) is 1. The van der Waals surface area contributed by atoms with E-state index in [1.165, 1.54) is 18.1 Å². The molecule has 7 heteroatoms. The third-order valence-electron chi connectivity index (χ3n) is 5.04. The van der Waals surface area contributed by atoms with Gasteiger partial charge in [0.15, 0.2) is 0 Å². The van der Waals surface area contributed by atoms with Gasteiger partial charge in [-0.25, -0.2) is 4.99 Å². The van der Waals surface area contributed by atoms with Gasteiger partial charge in [0.05, 0.1) is 19.1 Å². The zero-order valence-corrected chi connectivity index (χ0v) is 19.7. The van der Waals surface area contributed by atoms with Crippen LogP contribution in [0, 0.1) is 6.92 Å². The second kappa shape index (κ2) is 11.9. The van der Waals surface area contributed by atoms with Crippen LogP contribution in [0.2, 0.25) is 0 Å². The summed E-state index contributed by atoms with van der Waals surface area (Å²) < 4.78 is 5.21. The molecular formula is C26H27N3O3S. The first-order chi connectivity index (χ1) is 16.0. The summed E-state index contributed by atoms with van der Waals surface area (Å²) in [7, 11) is 1.62. The number of hydrogen-bond acceptors (Lipinski definition) is 5. The van der Waals surface area contributed by atoms with Crippen molar-refractivity contribution in [3.8, 4) is 5.75 Å². The molecule has 0 radical (unpaired) electrons. The smallest absolute Gasteiger partial charge is 0.255 e. The van der Waals surface area contributed by atoms with Crippen molar-refractivity contribution in [1.82, 2.24) is 5.32 Å². The lowest BCUT2D eigenvalue weighted by molar-refractivity contribution is -0.119. The number of para-hydroxylation sites is 1. The van der Waals surface area contributed by atoms with E-state index in [9.17, 15) is 9.59 Å². The first kappa shape index (κ1) is 24.1. The molecule has 0 unspecified atom stereocenters. The highest BCUT2D eigenvalue weighted by Crippen LogP contribution is 2.29. The summed E-state index contributed by atoms with van der Waals surface area (Å²) in [6, 6.07) is 20.6. The number of carbonyl (C=O) groups excluding carboxylic acids is 2. The van der Waals surface area contributed by atoms with Crippen LogP contribution in [0.3, 0.4) is 0 Å². The third-order valence-corrected chi connectivity index (χ3v) is 5.81. The lowest BCUT2D eigenvalue weighted by Gasteiger charge is -2.10. The molecule has 2 N–H and O–H groups in total. The predicted octanol–water partition coefficient (Wildman–Crippen LogP) is 5.39. The summed E-state index contributed by atoms with van der Waals surface area (Å²) in [5, 5.41) is 5.65. The second-order valence-corrected chi connectivity index (χ2v) is 8.18. The first-order valence-electron chi connectivity index (χ1n) is 10.5. The average molecular weight is 462 g/mol. The Bertz CT molecular complexity index is 1160. The monoisotopic (exact) mass is 461 g/mol. The second-order valence-electron chi connectivity index (χ2n) is 7.33. The normalized spacial score (nSPS) is 10.8. The number of anilines is 1. The number of carbonyl (C=O) groups is 2. The van der Waals surface area contributed by atoms with Gasteiger partial charge >= 0.3 is 0 Å². The van der Waals surface area contributed by atoms with Crippen molar-refractivity contribution in [3.05, 3.63) is 83.4 Å². The van der Waals surface area contributed by atoms with E-state index in [0.717, 1.165) is 27.5 Å². The minimum atomic E-state index is -0.180. The van der Waals surface area contributed by atoms with Gasteiger partial charge < -0.3 is 15.4 Å². The van der Waals surface area contributed by atoms with E-state index in [1.54, 1.807) is 25.3 Å². The molecule has 0 aliphatic rings. The van der Waals surface area contributed by atoms with Crippen LogP contribution >= 0.6 is 11.8 Å². The molecule has 3 rings (SSSR count). The van der Waals surface area contributed by atoms with Crippen LogP contribution in [0.25, 0.3) is 0 Å². The van der Waals surface area contributed by atoms with Gasteiger partial charge in [-0.2, -0.15) is 0 Å².